The fourth-order valence-electron chi connectivity index (χ4n) is 3.04. The van der Waals surface area contributed by atoms with E-state index in [-0.39, 0.29) is 18.2 Å². The lowest BCUT2D eigenvalue weighted by Crippen LogP contribution is -2.29. The van der Waals surface area contributed by atoms with Gasteiger partial charge in [-0.05, 0) is 73.6 Å². The van der Waals surface area contributed by atoms with Gasteiger partial charge < -0.3 is 10.6 Å². The molecule has 6 nitrogen and oxygen atoms in total. The summed E-state index contributed by atoms with van der Waals surface area (Å²) in [6, 6.07) is 16.6. The summed E-state index contributed by atoms with van der Waals surface area (Å²) >= 11 is 4.87. The van der Waals surface area contributed by atoms with Crippen molar-refractivity contribution < 1.29 is 9.59 Å². The molecule has 2 amide bonds. The van der Waals surface area contributed by atoms with E-state index in [9.17, 15) is 9.59 Å². The molecule has 0 spiro atoms. The van der Waals surface area contributed by atoms with Gasteiger partial charge in [0.15, 0.2) is 5.16 Å². The van der Waals surface area contributed by atoms with Crippen molar-refractivity contribution in [2.24, 2.45) is 0 Å². The molecule has 2 N–H and O–H groups in total. The van der Waals surface area contributed by atoms with E-state index in [4.69, 9.17) is 0 Å². The van der Waals surface area contributed by atoms with Crippen LogP contribution in [0.2, 0.25) is 0 Å². The molecule has 3 rings (SSSR count). The predicted molar refractivity (Wildman–Crippen MR) is 126 cm³/mol. The molecule has 1 heterocycles. The van der Waals surface area contributed by atoms with Crippen LogP contribution in [0.25, 0.3) is 0 Å². The van der Waals surface area contributed by atoms with Gasteiger partial charge in [0, 0.05) is 33.4 Å². The molecule has 2 aromatic carbocycles. The molecule has 0 aliphatic heterocycles. The number of carbonyl (C=O) groups is 2. The van der Waals surface area contributed by atoms with Crippen molar-refractivity contribution in [1.82, 2.24) is 15.3 Å². The normalized spacial score (nSPS) is 11.6. The Bertz CT molecular complexity index is 1050. The highest BCUT2D eigenvalue weighted by atomic mass is 79.9. The molecule has 0 aliphatic carbocycles. The fourth-order valence-corrected chi connectivity index (χ4v) is 4.17. The molecule has 0 bridgehead atoms. The molecular formula is C23H23BrN4O2S. The summed E-state index contributed by atoms with van der Waals surface area (Å²) < 4.78 is 0.937. The summed E-state index contributed by atoms with van der Waals surface area (Å²) in [4.78, 5) is 34.0. The standard InChI is InChI=1S/C23H23BrN4O2S/c1-14-12-15(2)26-23(25-14)31-20-10-8-19(9-11-20)28-22(30)13-21(27-16(3)29)17-4-6-18(24)7-5-17/h4-12,21H,13H2,1-3H3,(H,27,29)(H,28,30). The van der Waals surface area contributed by atoms with E-state index in [1.165, 1.54) is 18.7 Å². The average molecular weight is 499 g/mol. The molecule has 8 heteroatoms. The van der Waals surface area contributed by atoms with Gasteiger partial charge in [-0.2, -0.15) is 0 Å². The first-order chi connectivity index (χ1) is 14.8. The molecule has 0 radical (unpaired) electrons. The maximum atomic E-state index is 12.6. The van der Waals surface area contributed by atoms with Gasteiger partial charge in [-0.3, -0.25) is 9.59 Å². The second-order valence-corrected chi connectivity index (χ2v) is 9.07. The molecule has 0 saturated carbocycles. The first kappa shape index (κ1) is 23.0. The van der Waals surface area contributed by atoms with Crippen LogP contribution in [0, 0.1) is 13.8 Å². The third-order valence-electron chi connectivity index (χ3n) is 4.35. The van der Waals surface area contributed by atoms with E-state index in [2.05, 4.69) is 36.5 Å². The molecule has 31 heavy (non-hydrogen) atoms. The number of halogens is 1. The van der Waals surface area contributed by atoms with Crippen molar-refractivity contribution in [1.29, 1.82) is 0 Å². The van der Waals surface area contributed by atoms with Gasteiger partial charge in [-0.25, -0.2) is 9.97 Å². The smallest absolute Gasteiger partial charge is 0.226 e. The van der Waals surface area contributed by atoms with Crippen molar-refractivity contribution in [3.05, 3.63) is 76.0 Å². The monoisotopic (exact) mass is 498 g/mol. The quantitative estimate of drug-likeness (QED) is 0.436. The Morgan fingerprint density at radius 3 is 2.19 bits per heavy atom. The Balaban J connectivity index is 1.63. The minimum Gasteiger partial charge on any atom is -0.349 e. The van der Waals surface area contributed by atoms with Gasteiger partial charge in [0.05, 0.1) is 12.5 Å². The number of rotatable bonds is 7. The summed E-state index contributed by atoms with van der Waals surface area (Å²) in [5, 5.41) is 6.44. The zero-order valence-electron chi connectivity index (χ0n) is 17.5. The maximum Gasteiger partial charge on any atom is 0.226 e. The fraction of sp³-hybridized carbons (Fsp3) is 0.217. The van der Waals surface area contributed by atoms with Crippen LogP contribution in [0.1, 0.15) is 36.3 Å². The molecule has 0 saturated heterocycles. The van der Waals surface area contributed by atoms with Crippen LogP contribution >= 0.6 is 27.7 Å². The minimum absolute atomic E-state index is 0.133. The number of nitrogens with one attached hydrogen (secondary N) is 2. The number of hydrogen-bond donors (Lipinski definition) is 2. The molecule has 0 fully saturated rings. The first-order valence-corrected chi connectivity index (χ1v) is 11.3. The molecule has 1 unspecified atom stereocenters. The van der Waals surface area contributed by atoms with Gasteiger partial charge in [0.1, 0.15) is 0 Å². The van der Waals surface area contributed by atoms with Crippen molar-refractivity contribution in [3.63, 3.8) is 0 Å². The van der Waals surface area contributed by atoms with Crippen LogP contribution in [0.4, 0.5) is 5.69 Å². The summed E-state index contributed by atoms with van der Waals surface area (Å²) in [6.45, 7) is 5.33. The topological polar surface area (TPSA) is 84.0 Å². The second kappa shape index (κ2) is 10.5. The largest absolute Gasteiger partial charge is 0.349 e. The number of hydrogen-bond acceptors (Lipinski definition) is 5. The minimum atomic E-state index is -0.401. The zero-order valence-corrected chi connectivity index (χ0v) is 19.9. The highest BCUT2D eigenvalue weighted by molar-refractivity contribution is 9.10. The van der Waals surface area contributed by atoms with Crippen LogP contribution in [-0.2, 0) is 9.59 Å². The van der Waals surface area contributed by atoms with E-state index in [0.29, 0.717) is 10.8 Å². The van der Waals surface area contributed by atoms with E-state index in [1.807, 2.05) is 68.4 Å². The molecule has 160 valence electrons. The number of carbonyl (C=O) groups excluding carboxylic acids is 2. The molecule has 3 aromatic rings. The number of anilines is 1. The predicted octanol–water partition coefficient (Wildman–Crippen LogP) is 5.21. The molecular weight excluding hydrogens is 476 g/mol. The van der Waals surface area contributed by atoms with Crippen LogP contribution in [-0.4, -0.2) is 21.8 Å². The summed E-state index contributed by atoms with van der Waals surface area (Å²) in [6.07, 6.45) is 0.133. The SMILES string of the molecule is CC(=O)NC(CC(=O)Nc1ccc(Sc2nc(C)cc(C)n2)cc1)c1ccc(Br)cc1. The highest BCUT2D eigenvalue weighted by Crippen LogP contribution is 2.27. The lowest BCUT2D eigenvalue weighted by molar-refractivity contribution is -0.120. The van der Waals surface area contributed by atoms with E-state index in [1.54, 1.807) is 0 Å². The number of amides is 2. The van der Waals surface area contributed by atoms with E-state index < -0.39 is 6.04 Å². The Labute approximate surface area is 194 Å². The molecule has 1 atom stereocenters. The Hall–Kier alpha value is -2.71. The Morgan fingerprint density at radius 2 is 1.61 bits per heavy atom. The molecule has 0 aliphatic rings. The van der Waals surface area contributed by atoms with E-state index in [0.717, 1.165) is 26.3 Å². The highest BCUT2D eigenvalue weighted by Gasteiger charge is 2.17. The van der Waals surface area contributed by atoms with Crippen molar-refractivity contribution in [2.45, 2.75) is 43.3 Å². The van der Waals surface area contributed by atoms with E-state index >= 15 is 0 Å². The Kier molecular flexibility index (Phi) is 7.81. The first-order valence-electron chi connectivity index (χ1n) is 9.71. The van der Waals surface area contributed by atoms with Gasteiger partial charge in [0.25, 0.3) is 0 Å². The van der Waals surface area contributed by atoms with Crippen molar-refractivity contribution in [3.8, 4) is 0 Å². The van der Waals surface area contributed by atoms with Crippen molar-refractivity contribution in [2.75, 3.05) is 5.32 Å². The van der Waals surface area contributed by atoms with Gasteiger partial charge >= 0.3 is 0 Å². The number of nitrogens with zero attached hydrogens (tertiary/aromatic N) is 2. The third-order valence-corrected chi connectivity index (χ3v) is 5.75. The second-order valence-electron chi connectivity index (χ2n) is 7.12. The van der Waals surface area contributed by atoms with Crippen LogP contribution in [0.5, 0.6) is 0 Å². The maximum absolute atomic E-state index is 12.6. The zero-order chi connectivity index (χ0) is 22.4. The van der Waals surface area contributed by atoms with Crippen LogP contribution in [0.15, 0.2) is 69.1 Å². The lowest BCUT2D eigenvalue weighted by atomic mass is 10.0. The number of benzene rings is 2. The van der Waals surface area contributed by atoms with Crippen LogP contribution in [0.3, 0.4) is 0 Å². The summed E-state index contributed by atoms with van der Waals surface area (Å²) in [7, 11) is 0. The summed E-state index contributed by atoms with van der Waals surface area (Å²) in [5.74, 6) is -0.365. The van der Waals surface area contributed by atoms with Gasteiger partial charge in [0.2, 0.25) is 11.8 Å². The summed E-state index contributed by atoms with van der Waals surface area (Å²) in [5.41, 5.74) is 3.42. The average Bonchev–Trinajstić information content (AvgIpc) is 2.68. The Morgan fingerprint density at radius 1 is 1.00 bits per heavy atom. The van der Waals surface area contributed by atoms with Crippen LogP contribution < -0.4 is 10.6 Å². The third kappa shape index (κ3) is 7.18. The van der Waals surface area contributed by atoms with Crippen molar-refractivity contribution >= 4 is 45.2 Å². The number of aryl methyl sites for hydroxylation is 2. The number of aromatic nitrogens is 2. The lowest BCUT2D eigenvalue weighted by Gasteiger charge is -2.18. The van der Waals surface area contributed by atoms with Gasteiger partial charge in [-0.15, -0.1) is 0 Å². The van der Waals surface area contributed by atoms with Gasteiger partial charge in [-0.1, -0.05) is 28.1 Å². The molecule has 1 aromatic heterocycles.